The molecule has 3 rings (SSSR count). The number of hydrogen-bond acceptors (Lipinski definition) is 6. The lowest BCUT2D eigenvalue weighted by Crippen LogP contribution is -2.33. The van der Waals surface area contributed by atoms with Gasteiger partial charge in [0.05, 0.1) is 31.5 Å². The van der Waals surface area contributed by atoms with Crippen molar-refractivity contribution in [3.05, 3.63) is 35.0 Å². The number of ether oxygens (including phenoxy) is 3. The summed E-state index contributed by atoms with van der Waals surface area (Å²) in [6, 6.07) is 3.92. The van der Waals surface area contributed by atoms with E-state index in [1.807, 2.05) is 19.1 Å². The van der Waals surface area contributed by atoms with E-state index in [0.29, 0.717) is 31.9 Å². The van der Waals surface area contributed by atoms with Gasteiger partial charge in [-0.05, 0) is 26.0 Å². The minimum atomic E-state index is -0.650. The molecule has 6 nitrogen and oxygen atoms in total. The first-order valence-electron chi connectivity index (χ1n) is 7.07. The molecule has 0 atom stereocenters. The molecule has 1 aliphatic rings. The molecule has 0 N–H and O–H groups in total. The molecule has 0 unspecified atom stereocenters. The summed E-state index contributed by atoms with van der Waals surface area (Å²) >= 11 is 1.55. The zero-order chi connectivity index (χ0) is 15.6. The van der Waals surface area contributed by atoms with Crippen LogP contribution >= 0.6 is 11.3 Å². The summed E-state index contributed by atoms with van der Waals surface area (Å²) in [5, 5.41) is 5.00. The van der Waals surface area contributed by atoms with Gasteiger partial charge < -0.3 is 14.2 Å². The summed E-state index contributed by atoms with van der Waals surface area (Å²) in [6.45, 7) is 5.60. The van der Waals surface area contributed by atoms with E-state index in [0.717, 1.165) is 9.94 Å². The van der Waals surface area contributed by atoms with Crippen molar-refractivity contribution in [3.8, 4) is 5.06 Å². The smallest absolute Gasteiger partial charge is 0.200 e. The number of aromatic nitrogens is 2. The van der Waals surface area contributed by atoms with Gasteiger partial charge in [-0.15, -0.1) is 11.3 Å². The first-order valence-corrected chi connectivity index (χ1v) is 7.89. The summed E-state index contributed by atoms with van der Waals surface area (Å²) in [7, 11) is 0. The van der Waals surface area contributed by atoms with Crippen molar-refractivity contribution in [2.24, 2.45) is 0 Å². The summed E-state index contributed by atoms with van der Waals surface area (Å²) in [5.74, 6) is -0.631. The van der Waals surface area contributed by atoms with Crippen LogP contribution in [-0.2, 0) is 16.0 Å². The Hall–Kier alpha value is -1.70. The zero-order valence-corrected chi connectivity index (χ0v) is 13.4. The molecule has 0 amide bonds. The van der Waals surface area contributed by atoms with Gasteiger partial charge >= 0.3 is 0 Å². The molecule has 0 bridgehead atoms. The van der Waals surface area contributed by atoms with Gasteiger partial charge in [-0.2, -0.15) is 5.10 Å². The Morgan fingerprint density at radius 3 is 2.91 bits per heavy atom. The van der Waals surface area contributed by atoms with Crippen molar-refractivity contribution >= 4 is 17.1 Å². The molecular weight excluding hydrogens is 304 g/mol. The Kier molecular flexibility index (Phi) is 4.28. The molecule has 118 valence electrons. The number of carbonyl (C=O) groups excluding carboxylic acids is 1. The first kappa shape index (κ1) is 15.2. The highest BCUT2D eigenvalue weighted by Gasteiger charge is 2.32. The summed E-state index contributed by atoms with van der Waals surface area (Å²) in [4.78, 5) is 12.4. The minimum absolute atomic E-state index is 0.0197. The Morgan fingerprint density at radius 2 is 2.23 bits per heavy atom. The molecule has 22 heavy (non-hydrogen) atoms. The van der Waals surface area contributed by atoms with Gasteiger partial charge in [0.15, 0.2) is 16.6 Å². The summed E-state index contributed by atoms with van der Waals surface area (Å²) in [6.07, 6.45) is 3.34. The maximum atomic E-state index is 11.3. The predicted molar refractivity (Wildman–Crippen MR) is 81.5 cm³/mol. The van der Waals surface area contributed by atoms with Crippen LogP contribution in [0.4, 0.5) is 0 Å². The number of hydrogen-bond donors (Lipinski definition) is 0. The molecule has 2 aromatic heterocycles. The average Bonchev–Trinajstić information content (AvgIpc) is 3.19. The molecule has 1 saturated heterocycles. The van der Waals surface area contributed by atoms with Crippen molar-refractivity contribution in [1.82, 2.24) is 9.78 Å². The lowest BCUT2D eigenvalue weighted by Gasteiger charge is -2.21. The Bertz CT molecular complexity index is 658. The SMILES string of the molecule is CC(=O)c1cnn(Cc2ccc(OCC3(C)OCCO3)s2)c1. The minimum Gasteiger partial charge on any atom is -0.478 e. The van der Waals surface area contributed by atoms with E-state index in [2.05, 4.69) is 5.10 Å². The van der Waals surface area contributed by atoms with E-state index in [1.54, 1.807) is 28.4 Å². The Morgan fingerprint density at radius 1 is 1.45 bits per heavy atom. The number of Topliss-reactive ketones (excluding diaryl/α,β-unsaturated/α-hetero) is 1. The topological polar surface area (TPSA) is 62.6 Å². The number of rotatable bonds is 6. The van der Waals surface area contributed by atoms with Gasteiger partial charge in [-0.3, -0.25) is 9.48 Å². The highest BCUT2D eigenvalue weighted by Crippen LogP contribution is 2.27. The lowest BCUT2D eigenvalue weighted by atomic mass is 10.3. The van der Waals surface area contributed by atoms with E-state index < -0.39 is 5.79 Å². The van der Waals surface area contributed by atoms with Crippen molar-refractivity contribution in [1.29, 1.82) is 0 Å². The largest absolute Gasteiger partial charge is 0.478 e. The second-order valence-electron chi connectivity index (χ2n) is 5.32. The molecule has 0 aromatic carbocycles. The molecule has 3 heterocycles. The predicted octanol–water partition coefficient (Wildman–Crippen LogP) is 2.34. The molecular formula is C15H18N2O4S. The molecule has 1 aliphatic heterocycles. The second kappa shape index (κ2) is 6.20. The van der Waals surface area contributed by atoms with E-state index in [1.165, 1.54) is 6.92 Å². The monoisotopic (exact) mass is 322 g/mol. The van der Waals surface area contributed by atoms with Crippen LogP contribution in [0.25, 0.3) is 0 Å². The molecule has 0 spiro atoms. The quantitative estimate of drug-likeness (QED) is 0.764. The van der Waals surface area contributed by atoms with E-state index in [9.17, 15) is 4.79 Å². The third kappa shape index (κ3) is 3.55. The first-order chi connectivity index (χ1) is 10.5. The number of nitrogens with zero attached hydrogens (tertiary/aromatic N) is 2. The third-order valence-electron chi connectivity index (χ3n) is 3.37. The fourth-order valence-electron chi connectivity index (χ4n) is 2.15. The van der Waals surface area contributed by atoms with Gasteiger partial charge in [-0.1, -0.05) is 0 Å². The Balaban J connectivity index is 1.57. The van der Waals surface area contributed by atoms with E-state index >= 15 is 0 Å². The normalized spacial score (nSPS) is 16.8. The molecule has 0 radical (unpaired) electrons. The van der Waals surface area contributed by atoms with Crippen molar-refractivity contribution < 1.29 is 19.0 Å². The highest BCUT2D eigenvalue weighted by molar-refractivity contribution is 7.13. The van der Waals surface area contributed by atoms with Crippen LogP contribution in [0.15, 0.2) is 24.5 Å². The van der Waals surface area contributed by atoms with E-state index in [4.69, 9.17) is 14.2 Å². The standard InChI is InChI=1S/C15H18N2O4S/c1-11(18)12-7-16-17(8-12)9-13-3-4-14(22-13)19-10-15(2)20-5-6-21-15/h3-4,7-8H,5-6,9-10H2,1-2H3. The third-order valence-corrected chi connectivity index (χ3v) is 4.35. The molecule has 0 aliphatic carbocycles. The molecule has 0 saturated carbocycles. The number of ketones is 1. The second-order valence-corrected chi connectivity index (χ2v) is 6.45. The fourth-order valence-corrected chi connectivity index (χ4v) is 3.00. The fraction of sp³-hybridized carbons (Fsp3) is 0.467. The number of carbonyl (C=O) groups is 1. The van der Waals surface area contributed by atoms with Crippen LogP contribution in [0.1, 0.15) is 29.1 Å². The lowest BCUT2D eigenvalue weighted by molar-refractivity contribution is -0.162. The van der Waals surface area contributed by atoms with Gasteiger partial charge in [0.25, 0.3) is 0 Å². The van der Waals surface area contributed by atoms with Crippen molar-refractivity contribution in [3.63, 3.8) is 0 Å². The van der Waals surface area contributed by atoms with E-state index in [-0.39, 0.29) is 5.78 Å². The van der Waals surface area contributed by atoms with Crippen molar-refractivity contribution in [2.45, 2.75) is 26.2 Å². The van der Waals surface area contributed by atoms with Gasteiger partial charge in [-0.25, -0.2) is 0 Å². The highest BCUT2D eigenvalue weighted by atomic mass is 32.1. The van der Waals surface area contributed by atoms with Crippen LogP contribution in [0.2, 0.25) is 0 Å². The van der Waals surface area contributed by atoms with Gasteiger partial charge in [0, 0.05) is 11.1 Å². The maximum absolute atomic E-state index is 11.3. The molecule has 2 aromatic rings. The van der Waals surface area contributed by atoms with Crippen LogP contribution < -0.4 is 4.74 Å². The van der Waals surface area contributed by atoms with Crippen LogP contribution in [0, 0.1) is 0 Å². The number of thiophene rings is 1. The summed E-state index contributed by atoms with van der Waals surface area (Å²) < 4.78 is 18.5. The summed E-state index contributed by atoms with van der Waals surface area (Å²) in [5.41, 5.74) is 0.622. The van der Waals surface area contributed by atoms with Crippen molar-refractivity contribution in [2.75, 3.05) is 19.8 Å². The van der Waals surface area contributed by atoms with Crippen LogP contribution in [-0.4, -0.2) is 41.2 Å². The van der Waals surface area contributed by atoms with Gasteiger partial charge in [0.1, 0.15) is 6.61 Å². The van der Waals surface area contributed by atoms with Crippen LogP contribution in [0.5, 0.6) is 5.06 Å². The van der Waals surface area contributed by atoms with Gasteiger partial charge in [0.2, 0.25) is 0 Å². The van der Waals surface area contributed by atoms with Crippen LogP contribution in [0.3, 0.4) is 0 Å². The average molecular weight is 322 g/mol. The Labute approximate surface area is 132 Å². The molecule has 1 fully saturated rings. The molecule has 7 heteroatoms. The maximum Gasteiger partial charge on any atom is 0.200 e. The zero-order valence-electron chi connectivity index (χ0n) is 12.6.